The maximum Gasteiger partial charge on any atom is 0.551 e. The van der Waals surface area contributed by atoms with Crippen LogP contribution in [0.3, 0.4) is 0 Å². The molecule has 0 aromatic rings. The van der Waals surface area contributed by atoms with Crippen molar-refractivity contribution in [1.29, 1.82) is 0 Å². The topological polar surface area (TPSA) is 65.0 Å². The molecule has 9 heteroatoms. The molecule has 0 saturated carbocycles. The van der Waals surface area contributed by atoms with Crippen molar-refractivity contribution < 1.29 is 22.2 Å². The number of hydrogen-bond acceptors (Lipinski definition) is 5. The molecule has 22 heavy (non-hydrogen) atoms. The largest absolute Gasteiger partial charge is 0.551 e. The first kappa shape index (κ1) is 22.0. The van der Waals surface area contributed by atoms with Gasteiger partial charge in [0.2, 0.25) is 0 Å². The molecule has 1 unspecified atom stereocenters. The molecule has 0 aliphatic carbocycles. The van der Waals surface area contributed by atoms with Crippen LogP contribution < -0.4 is 0 Å². The molecule has 0 aliphatic heterocycles. The van der Waals surface area contributed by atoms with Gasteiger partial charge in [0.1, 0.15) is 0 Å². The zero-order valence-corrected chi connectivity index (χ0v) is 19.7. The van der Waals surface area contributed by atoms with Crippen molar-refractivity contribution in [1.82, 2.24) is 0 Å². The third kappa shape index (κ3) is 10.6. The Hall–Kier alpha value is -0.0425. The Balaban J connectivity index is 4.96. The predicted octanol–water partition coefficient (Wildman–Crippen LogP) is 3.48. The number of carbonyl (C=O) groups is 1. The van der Waals surface area contributed by atoms with E-state index in [9.17, 15) is 9.59 Å². The van der Waals surface area contributed by atoms with Gasteiger partial charge in [0.05, 0.1) is 0 Å². The average Bonchev–Trinajstić information content (AvgIpc) is 2.06. The first-order valence-corrected chi connectivity index (χ1v) is 19.5. The van der Waals surface area contributed by atoms with Gasteiger partial charge in [-0.05, 0) is 59.3 Å². The van der Waals surface area contributed by atoms with Crippen molar-refractivity contribution in [3.05, 3.63) is 11.3 Å². The van der Waals surface area contributed by atoms with Crippen LogP contribution in [0.15, 0.2) is 11.3 Å². The molecule has 0 fully saturated rings. The van der Waals surface area contributed by atoms with E-state index in [0.717, 1.165) is 0 Å². The van der Waals surface area contributed by atoms with Crippen LogP contribution in [-0.2, 0) is 17.5 Å². The van der Waals surface area contributed by atoms with E-state index < -0.39 is 39.7 Å². The summed E-state index contributed by atoms with van der Waals surface area (Å²) in [6.45, 7) is 19.5. The lowest BCUT2D eigenvalue weighted by molar-refractivity contribution is -0.133. The van der Waals surface area contributed by atoms with E-state index in [0.29, 0.717) is 5.57 Å². The molecule has 0 aromatic heterocycles. The third-order valence-electron chi connectivity index (χ3n) is 2.23. The Labute approximate surface area is 139 Å². The van der Waals surface area contributed by atoms with E-state index in [1.807, 2.05) is 25.3 Å². The second-order valence-electron chi connectivity index (χ2n) is 8.15. The zero-order chi connectivity index (χ0) is 18.0. The lowest BCUT2D eigenvalue weighted by Crippen LogP contribution is -2.49. The van der Waals surface area contributed by atoms with Gasteiger partial charge in [-0.25, -0.2) is 4.79 Å². The molecule has 0 bridgehead atoms. The van der Waals surface area contributed by atoms with Crippen LogP contribution >= 0.6 is 0 Å². The van der Waals surface area contributed by atoms with E-state index in [4.69, 9.17) is 12.7 Å². The van der Waals surface area contributed by atoms with Gasteiger partial charge in [0, 0.05) is 12.1 Å². The highest BCUT2D eigenvalue weighted by molar-refractivity contribution is 6.87. The van der Waals surface area contributed by atoms with Crippen LogP contribution in [-0.4, -0.2) is 44.5 Å². The Kier molecular flexibility index (Phi) is 7.23. The fraction of sp³-hybridized carbons (Fsp3) is 0.769. The van der Waals surface area contributed by atoms with E-state index in [-0.39, 0.29) is 0 Å². The zero-order valence-electron chi connectivity index (χ0n) is 15.7. The fourth-order valence-electron chi connectivity index (χ4n) is 2.24. The minimum absolute atomic E-state index is 0.474. The summed E-state index contributed by atoms with van der Waals surface area (Å²) in [5, 5.41) is 0. The summed E-state index contributed by atoms with van der Waals surface area (Å²) in [7, 11) is -9.15. The van der Waals surface area contributed by atoms with Crippen LogP contribution in [0.5, 0.6) is 0 Å². The Bertz CT molecular complexity index is 433. The van der Waals surface area contributed by atoms with Crippen molar-refractivity contribution >= 4 is 39.7 Å². The van der Waals surface area contributed by atoms with E-state index >= 15 is 0 Å². The van der Waals surface area contributed by atoms with Crippen LogP contribution in [0.25, 0.3) is 0 Å². The summed E-state index contributed by atoms with van der Waals surface area (Å²) < 4.78 is 17.0. The van der Waals surface area contributed by atoms with Gasteiger partial charge in [0.25, 0.3) is 0 Å². The molecule has 130 valence electrons. The molecular formula is C13H32O5Si4. The average molecular weight is 381 g/mol. The summed E-state index contributed by atoms with van der Waals surface area (Å²) in [5.41, 5.74) is 2.36. The molecule has 0 radical (unpaired) electrons. The van der Waals surface area contributed by atoms with Crippen LogP contribution in [0, 0.1) is 0 Å². The number of hydrogen-bond donors (Lipinski definition) is 1. The molecular weight excluding hydrogens is 348 g/mol. The maximum atomic E-state index is 12.2. The van der Waals surface area contributed by atoms with Crippen LogP contribution in [0.2, 0.25) is 58.9 Å². The number of rotatable bonds is 7. The highest BCUT2D eigenvalue weighted by atomic mass is 28.5. The van der Waals surface area contributed by atoms with Gasteiger partial charge in [-0.2, -0.15) is 0 Å². The van der Waals surface area contributed by atoms with Crippen molar-refractivity contribution in [2.75, 3.05) is 0 Å². The molecule has 0 rings (SSSR count). The van der Waals surface area contributed by atoms with E-state index in [1.54, 1.807) is 6.92 Å². The maximum absolute atomic E-state index is 12.2. The second-order valence-corrected chi connectivity index (χ2v) is 23.7. The first-order valence-electron chi connectivity index (χ1n) is 7.48. The highest BCUT2D eigenvalue weighted by Gasteiger charge is 2.40. The summed E-state index contributed by atoms with van der Waals surface area (Å²) in [6.07, 6.45) is 0. The monoisotopic (exact) mass is 380 g/mol. The molecule has 0 amide bonds. The van der Waals surface area contributed by atoms with Crippen molar-refractivity contribution in [3.8, 4) is 0 Å². The van der Waals surface area contributed by atoms with Crippen LogP contribution in [0.1, 0.15) is 6.92 Å². The molecule has 5 nitrogen and oxygen atoms in total. The molecule has 0 spiro atoms. The van der Waals surface area contributed by atoms with Crippen LogP contribution in [0.4, 0.5) is 0 Å². The quantitative estimate of drug-likeness (QED) is 0.541. The first-order chi connectivity index (χ1) is 9.43. The summed E-state index contributed by atoms with van der Waals surface area (Å²) >= 11 is 0. The van der Waals surface area contributed by atoms with Gasteiger partial charge >= 0.3 is 14.8 Å². The van der Waals surface area contributed by atoms with Gasteiger partial charge < -0.3 is 17.5 Å². The summed E-state index contributed by atoms with van der Waals surface area (Å²) in [6, 6.07) is 0. The predicted molar refractivity (Wildman–Crippen MR) is 100 cm³/mol. The standard InChI is InChI=1S/C13H32O5Si4/c1-12(11-21(8,9)17-19(2,3)4)13(14)16-22(10,15)18-20(5,6)7/h11,15H,1-10H3. The van der Waals surface area contributed by atoms with Crippen molar-refractivity contribution in [3.63, 3.8) is 0 Å². The molecule has 0 heterocycles. The third-order valence-corrected chi connectivity index (χ3v) is 12.4. The van der Waals surface area contributed by atoms with Gasteiger partial charge in [-0.1, -0.05) is 5.70 Å². The highest BCUT2D eigenvalue weighted by Crippen LogP contribution is 2.19. The Morgan fingerprint density at radius 1 is 0.864 bits per heavy atom. The number of carbonyl (C=O) groups excluding carboxylic acids is 1. The SMILES string of the molecule is CC(=C[Si](C)(C)O[Si](C)(C)C)C(=O)O[Si](C)(O)O[Si](C)(C)C. The lowest BCUT2D eigenvalue weighted by atomic mass is 10.4. The summed E-state index contributed by atoms with van der Waals surface area (Å²) in [4.78, 5) is 22.4. The second kappa shape index (κ2) is 7.24. The molecule has 0 aromatic carbocycles. The Morgan fingerprint density at radius 3 is 1.64 bits per heavy atom. The van der Waals surface area contributed by atoms with E-state index in [2.05, 4.69) is 32.7 Å². The minimum Gasteiger partial charge on any atom is -0.471 e. The van der Waals surface area contributed by atoms with E-state index in [1.165, 1.54) is 6.55 Å². The molecule has 1 atom stereocenters. The van der Waals surface area contributed by atoms with Gasteiger partial charge in [-0.15, -0.1) is 0 Å². The van der Waals surface area contributed by atoms with Crippen molar-refractivity contribution in [2.24, 2.45) is 0 Å². The van der Waals surface area contributed by atoms with Crippen molar-refractivity contribution in [2.45, 2.75) is 65.8 Å². The lowest BCUT2D eigenvalue weighted by Gasteiger charge is -2.30. The Morgan fingerprint density at radius 2 is 1.27 bits per heavy atom. The summed E-state index contributed by atoms with van der Waals surface area (Å²) in [5.74, 6) is -0.519. The van der Waals surface area contributed by atoms with Gasteiger partial charge in [0.15, 0.2) is 25.0 Å². The molecule has 0 saturated heterocycles. The smallest absolute Gasteiger partial charge is 0.471 e. The van der Waals surface area contributed by atoms with Gasteiger partial charge in [-0.3, -0.25) is 0 Å². The molecule has 0 aliphatic rings. The minimum atomic E-state index is -3.43. The normalized spacial score (nSPS) is 17.1. The fourth-order valence-corrected chi connectivity index (χ4v) is 15.2. The molecule has 1 N–H and O–H groups in total.